The van der Waals surface area contributed by atoms with Gasteiger partial charge in [-0.2, -0.15) is 0 Å². The molecule has 0 amide bonds. The monoisotopic (exact) mass is 254 g/mol. The number of halogens is 1. The average Bonchev–Trinajstić information content (AvgIpc) is 2.36. The number of aliphatic carboxylic acids is 1. The number of rotatable bonds is 5. The summed E-state index contributed by atoms with van der Waals surface area (Å²) in [5, 5.41) is 8.85. The summed E-state index contributed by atoms with van der Waals surface area (Å²) in [5.41, 5.74) is 2.99. The van der Waals surface area contributed by atoms with Crippen LogP contribution in [0, 0.1) is 12.8 Å². The molecule has 0 aromatic heterocycles. The summed E-state index contributed by atoms with van der Waals surface area (Å²) in [6.45, 7) is 7.23. The number of hydrogen-bond acceptors (Lipinski definition) is 1. The highest BCUT2D eigenvalue weighted by Gasteiger charge is 2.13. The largest absolute Gasteiger partial charge is 0.481 e. The molecule has 0 heterocycles. The van der Waals surface area contributed by atoms with Crippen molar-refractivity contribution in [2.75, 3.05) is 6.67 Å². The summed E-state index contributed by atoms with van der Waals surface area (Å²) in [6.07, 6.45) is 0.905. The van der Waals surface area contributed by atoms with Gasteiger partial charge in [0.15, 0.2) is 0 Å². The Bertz CT molecular complexity index is 375. The molecule has 1 aromatic rings. The molecule has 1 rings (SSSR count). The molecule has 0 saturated heterocycles. The third kappa shape index (κ3) is 4.86. The number of benzene rings is 1. The number of alkyl halides is 1. The molecule has 0 radical (unpaired) electrons. The van der Waals surface area contributed by atoms with Crippen LogP contribution in [-0.2, 0) is 17.6 Å². The third-order valence-corrected chi connectivity index (χ3v) is 2.87. The molecule has 0 bridgehead atoms. The van der Waals surface area contributed by atoms with E-state index in [1.54, 1.807) is 6.92 Å². The Morgan fingerprint density at radius 3 is 2.39 bits per heavy atom. The van der Waals surface area contributed by atoms with Gasteiger partial charge in [0.1, 0.15) is 0 Å². The van der Waals surface area contributed by atoms with Crippen LogP contribution < -0.4 is 0 Å². The number of carboxylic acids is 1. The molecule has 1 atom stereocenters. The van der Waals surface area contributed by atoms with E-state index < -0.39 is 11.9 Å². The molecule has 18 heavy (non-hydrogen) atoms. The Morgan fingerprint density at radius 2 is 1.89 bits per heavy atom. The molecule has 1 aromatic carbocycles. The van der Waals surface area contributed by atoms with Gasteiger partial charge in [0, 0.05) is 6.42 Å². The molecule has 102 valence electrons. The highest BCUT2D eigenvalue weighted by molar-refractivity contribution is 5.70. The van der Waals surface area contributed by atoms with Crippen molar-refractivity contribution in [2.24, 2.45) is 5.92 Å². The van der Waals surface area contributed by atoms with Crippen molar-refractivity contribution in [1.29, 1.82) is 0 Å². The van der Waals surface area contributed by atoms with Crippen LogP contribution in [0.1, 0.15) is 37.5 Å². The van der Waals surface area contributed by atoms with E-state index in [9.17, 15) is 9.18 Å². The van der Waals surface area contributed by atoms with E-state index in [2.05, 4.69) is 0 Å². The first-order chi connectivity index (χ1) is 8.56. The van der Waals surface area contributed by atoms with E-state index in [-0.39, 0.29) is 6.67 Å². The van der Waals surface area contributed by atoms with Gasteiger partial charge in [-0.25, -0.2) is 0 Å². The van der Waals surface area contributed by atoms with Crippen molar-refractivity contribution in [3.63, 3.8) is 0 Å². The predicted octanol–water partition coefficient (Wildman–Crippen LogP) is 3.80. The lowest BCUT2D eigenvalue weighted by Gasteiger charge is -2.12. The maximum atomic E-state index is 12.3. The number of aryl methyl sites for hydroxylation is 1. The van der Waals surface area contributed by atoms with Crippen molar-refractivity contribution < 1.29 is 14.3 Å². The average molecular weight is 254 g/mol. The second kappa shape index (κ2) is 8.67. The van der Waals surface area contributed by atoms with E-state index in [0.717, 1.165) is 16.7 Å². The molecule has 1 unspecified atom stereocenters. The molecule has 0 spiro atoms. The minimum Gasteiger partial charge on any atom is -0.481 e. The van der Waals surface area contributed by atoms with Crippen molar-refractivity contribution in [3.8, 4) is 0 Å². The van der Waals surface area contributed by atoms with Gasteiger partial charge in [-0.05, 0) is 30.0 Å². The standard InChI is InChI=1S/C13H17FO2.C2H6/c1-9(13(15)16)8-12-5-3-4-11(6-7-14)10(12)2;1-2/h3-5,9H,6-8H2,1-2H3,(H,15,16);1-2H3. The Kier molecular flexibility index (Phi) is 8.01. The van der Waals surface area contributed by atoms with E-state index in [1.165, 1.54) is 0 Å². The van der Waals surface area contributed by atoms with Crippen LogP contribution >= 0.6 is 0 Å². The van der Waals surface area contributed by atoms with Crippen LogP contribution in [-0.4, -0.2) is 17.8 Å². The van der Waals surface area contributed by atoms with Crippen LogP contribution in [0.2, 0.25) is 0 Å². The van der Waals surface area contributed by atoms with Crippen LogP contribution in [0.25, 0.3) is 0 Å². The van der Waals surface area contributed by atoms with Crippen LogP contribution in [0.4, 0.5) is 4.39 Å². The zero-order valence-electron chi connectivity index (χ0n) is 11.7. The van der Waals surface area contributed by atoms with Crippen molar-refractivity contribution in [2.45, 2.75) is 40.5 Å². The zero-order chi connectivity index (χ0) is 14.1. The highest BCUT2D eigenvalue weighted by Crippen LogP contribution is 2.18. The number of carbonyl (C=O) groups is 1. The van der Waals surface area contributed by atoms with Gasteiger partial charge in [-0.1, -0.05) is 39.0 Å². The van der Waals surface area contributed by atoms with Gasteiger partial charge in [0.05, 0.1) is 12.6 Å². The maximum absolute atomic E-state index is 12.3. The van der Waals surface area contributed by atoms with Crippen LogP contribution in [0.3, 0.4) is 0 Å². The van der Waals surface area contributed by atoms with Gasteiger partial charge >= 0.3 is 5.97 Å². The Balaban J connectivity index is 0.00000137. The summed E-state index contributed by atoms with van der Waals surface area (Å²) in [7, 11) is 0. The zero-order valence-corrected chi connectivity index (χ0v) is 11.7. The SMILES string of the molecule is CC.Cc1c(CCF)cccc1CC(C)C(=O)O. The fraction of sp³-hybridized carbons (Fsp3) is 0.533. The minimum atomic E-state index is -0.796. The molecular formula is C15H23FO2. The van der Waals surface area contributed by atoms with Crippen molar-refractivity contribution in [1.82, 2.24) is 0 Å². The predicted molar refractivity (Wildman–Crippen MR) is 72.7 cm³/mol. The van der Waals surface area contributed by atoms with Gasteiger partial charge in [-0.15, -0.1) is 0 Å². The summed E-state index contributed by atoms with van der Waals surface area (Å²) in [6, 6.07) is 5.67. The van der Waals surface area contributed by atoms with Crippen LogP contribution in [0.15, 0.2) is 18.2 Å². The summed E-state index contributed by atoms with van der Waals surface area (Å²) in [5.74, 6) is -1.20. The van der Waals surface area contributed by atoms with Crippen LogP contribution in [0.5, 0.6) is 0 Å². The van der Waals surface area contributed by atoms with E-state index in [1.807, 2.05) is 39.0 Å². The first kappa shape index (κ1) is 16.6. The Morgan fingerprint density at radius 1 is 1.33 bits per heavy atom. The molecule has 0 aliphatic heterocycles. The molecular weight excluding hydrogens is 231 g/mol. The first-order valence-corrected chi connectivity index (χ1v) is 6.42. The number of carboxylic acid groups (broad SMARTS) is 1. The highest BCUT2D eigenvalue weighted by atomic mass is 19.1. The lowest BCUT2D eigenvalue weighted by atomic mass is 9.93. The van der Waals surface area contributed by atoms with Crippen molar-refractivity contribution >= 4 is 5.97 Å². The van der Waals surface area contributed by atoms with Gasteiger partial charge in [0.25, 0.3) is 0 Å². The van der Waals surface area contributed by atoms with Crippen molar-refractivity contribution in [3.05, 3.63) is 34.9 Å². The lowest BCUT2D eigenvalue weighted by Crippen LogP contribution is -2.13. The summed E-state index contributed by atoms with van der Waals surface area (Å²) >= 11 is 0. The smallest absolute Gasteiger partial charge is 0.306 e. The normalized spacial score (nSPS) is 11.4. The molecule has 0 saturated carbocycles. The van der Waals surface area contributed by atoms with E-state index in [0.29, 0.717) is 12.8 Å². The van der Waals surface area contributed by atoms with Gasteiger partial charge < -0.3 is 5.11 Å². The second-order valence-electron chi connectivity index (χ2n) is 4.08. The minimum absolute atomic E-state index is 0.376. The molecule has 0 aliphatic rings. The van der Waals surface area contributed by atoms with Gasteiger partial charge in [-0.3, -0.25) is 9.18 Å². The molecule has 0 fully saturated rings. The molecule has 2 nitrogen and oxygen atoms in total. The summed E-state index contributed by atoms with van der Waals surface area (Å²) < 4.78 is 12.3. The third-order valence-electron chi connectivity index (χ3n) is 2.87. The topological polar surface area (TPSA) is 37.3 Å². The number of hydrogen-bond donors (Lipinski definition) is 1. The first-order valence-electron chi connectivity index (χ1n) is 6.42. The fourth-order valence-electron chi connectivity index (χ4n) is 1.75. The van der Waals surface area contributed by atoms with E-state index >= 15 is 0 Å². The lowest BCUT2D eigenvalue weighted by molar-refractivity contribution is -0.141. The Labute approximate surface area is 109 Å². The summed E-state index contributed by atoms with van der Waals surface area (Å²) in [4.78, 5) is 10.8. The second-order valence-corrected chi connectivity index (χ2v) is 4.08. The Hall–Kier alpha value is -1.38. The molecule has 1 N–H and O–H groups in total. The van der Waals surface area contributed by atoms with Gasteiger partial charge in [0.2, 0.25) is 0 Å². The molecule has 3 heteroatoms. The quantitative estimate of drug-likeness (QED) is 0.867. The van der Waals surface area contributed by atoms with E-state index in [4.69, 9.17) is 5.11 Å². The maximum Gasteiger partial charge on any atom is 0.306 e. The molecule has 0 aliphatic carbocycles. The fourth-order valence-corrected chi connectivity index (χ4v) is 1.75.